The normalized spacial score (nSPS) is 18.4. The van der Waals surface area contributed by atoms with Gasteiger partial charge < -0.3 is 19.7 Å². The third kappa shape index (κ3) is 3.92. The van der Waals surface area contributed by atoms with E-state index >= 15 is 0 Å². The van der Waals surface area contributed by atoms with Crippen molar-refractivity contribution in [3.8, 4) is 5.69 Å². The molecule has 1 saturated heterocycles. The Labute approximate surface area is 190 Å². The smallest absolute Gasteiger partial charge is 0.170 e. The Bertz CT molecular complexity index is 1060. The van der Waals surface area contributed by atoms with Crippen LogP contribution in [-0.4, -0.2) is 40.2 Å². The lowest BCUT2D eigenvalue weighted by atomic mass is 9.96. The topological polar surface area (TPSA) is 36.3 Å². The maximum absolute atomic E-state index is 5.75. The summed E-state index contributed by atoms with van der Waals surface area (Å²) >= 11 is 5.75. The lowest BCUT2D eigenvalue weighted by molar-refractivity contribution is 0.316. The van der Waals surface area contributed by atoms with E-state index in [1.807, 2.05) is 18.3 Å². The predicted molar refractivity (Wildman–Crippen MR) is 132 cm³/mol. The van der Waals surface area contributed by atoms with Crippen LogP contribution in [-0.2, 0) is 0 Å². The number of nitrogens with zero attached hydrogens (tertiary/aromatic N) is 4. The van der Waals surface area contributed by atoms with Gasteiger partial charge in [0, 0.05) is 49.6 Å². The summed E-state index contributed by atoms with van der Waals surface area (Å²) in [6.07, 6.45) is 2.90. The summed E-state index contributed by atoms with van der Waals surface area (Å²) in [5.41, 5.74) is 7.16. The number of hydrogen-bond donors (Lipinski definition) is 1. The monoisotopic (exact) mass is 433 g/mol. The van der Waals surface area contributed by atoms with Crippen molar-refractivity contribution in [2.45, 2.75) is 39.3 Å². The van der Waals surface area contributed by atoms with Crippen LogP contribution in [0.15, 0.2) is 54.7 Å². The van der Waals surface area contributed by atoms with Gasteiger partial charge in [0.1, 0.15) is 0 Å². The largest absolute Gasteiger partial charge is 0.378 e. The fourth-order valence-corrected chi connectivity index (χ4v) is 4.94. The fourth-order valence-electron chi connectivity index (χ4n) is 4.61. The number of benzene rings is 1. The van der Waals surface area contributed by atoms with Crippen LogP contribution in [0.25, 0.3) is 5.69 Å². The molecule has 2 aromatic heterocycles. The minimum atomic E-state index is 0.0327. The summed E-state index contributed by atoms with van der Waals surface area (Å²) < 4.78 is 2.34. The highest BCUT2D eigenvalue weighted by Crippen LogP contribution is 2.41. The van der Waals surface area contributed by atoms with Crippen LogP contribution in [0.4, 0.5) is 5.69 Å². The maximum atomic E-state index is 5.75. The summed E-state index contributed by atoms with van der Waals surface area (Å²) in [5.74, 6) is 0. The summed E-state index contributed by atoms with van der Waals surface area (Å²) in [6, 6.07) is 17.3. The number of pyridine rings is 1. The molecule has 162 valence electrons. The van der Waals surface area contributed by atoms with Crippen molar-refractivity contribution in [2.24, 2.45) is 0 Å². The second kappa shape index (κ2) is 8.71. The molecular weight excluding hydrogens is 402 g/mol. The first kappa shape index (κ1) is 21.4. The number of aryl methyl sites for hydroxylation is 1. The van der Waals surface area contributed by atoms with Crippen molar-refractivity contribution >= 4 is 23.0 Å². The van der Waals surface area contributed by atoms with E-state index in [1.165, 1.54) is 28.3 Å². The van der Waals surface area contributed by atoms with E-state index < -0.39 is 0 Å². The van der Waals surface area contributed by atoms with Gasteiger partial charge in [-0.15, -0.1) is 0 Å². The molecule has 1 N–H and O–H groups in total. The molecular formula is C25H31N5S. The number of hydrogen-bond acceptors (Lipinski definition) is 3. The zero-order chi connectivity index (χ0) is 22.1. The Morgan fingerprint density at radius 2 is 1.84 bits per heavy atom. The molecule has 2 atom stereocenters. The summed E-state index contributed by atoms with van der Waals surface area (Å²) in [7, 11) is 4.13. The molecule has 1 aliphatic rings. The molecule has 0 saturated carbocycles. The molecule has 3 aromatic rings. The van der Waals surface area contributed by atoms with Crippen LogP contribution < -0.4 is 10.2 Å². The third-order valence-corrected chi connectivity index (χ3v) is 6.43. The molecule has 0 unspecified atom stereocenters. The van der Waals surface area contributed by atoms with Crippen molar-refractivity contribution in [3.63, 3.8) is 0 Å². The standard InChI is InChI=1S/C25H31N5S/c1-6-15-29-24(23(27-25(29)31)22-9-7-8-14-26-22)21-16-17(2)30(18(21)3)20-12-10-19(11-13-20)28(4)5/h7-14,16,23-24H,6,15H2,1-5H3,(H,27,31)/t23-,24+/m0/s1. The molecule has 0 radical (unpaired) electrons. The zero-order valence-corrected chi connectivity index (χ0v) is 19.8. The van der Waals surface area contributed by atoms with Crippen molar-refractivity contribution < 1.29 is 0 Å². The number of nitrogens with one attached hydrogen (secondary N) is 1. The highest BCUT2D eigenvalue weighted by atomic mass is 32.1. The van der Waals surface area contributed by atoms with Gasteiger partial charge in [-0.3, -0.25) is 4.98 Å². The van der Waals surface area contributed by atoms with E-state index in [9.17, 15) is 0 Å². The second-order valence-electron chi connectivity index (χ2n) is 8.39. The van der Waals surface area contributed by atoms with E-state index in [4.69, 9.17) is 12.2 Å². The highest BCUT2D eigenvalue weighted by Gasteiger charge is 2.40. The van der Waals surface area contributed by atoms with Crippen LogP contribution in [0.2, 0.25) is 0 Å². The summed E-state index contributed by atoms with van der Waals surface area (Å²) in [6.45, 7) is 7.50. The number of anilines is 1. The first-order valence-electron chi connectivity index (χ1n) is 10.9. The minimum Gasteiger partial charge on any atom is -0.378 e. The molecule has 0 spiro atoms. The van der Waals surface area contributed by atoms with Crippen molar-refractivity contribution in [1.29, 1.82) is 0 Å². The van der Waals surface area contributed by atoms with Gasteiger partial charge in [0.25, 0.3) is 0 Å². The zero-order valence-electron chi connectivity index (χ0n) is 19.0. The molecule has 0 amide bonds. The second-order valence-corrected chi connectivity index (χ2v) is 8.78. The summed E-state index contributed by atoms with van der Waals surface area (Å²) in [4.78, 5) is 9.10. The van der Waals surface area contributed by atoms with Gasteiger partial charge in [-0.2, -0.15) is 0 Å². The van der Waals surface area contributed by atoms with Gasteiger partial charge in [-0.1, -0.05) is 13.0 Å². The Hall–Kier alpha value is -2.86. The van der Waals surface area contributed by atoms with Gasteiger partial charge in [-0.05, 0) is 80.5 Å². The van der Waals surface area contributed by atoms with Crippen LogP contribution in [0.5, 0.6) is 0 Å². The van der Waals surface area contributed by atoms with Gasteiger partial charge in [0.05, 0.1) is 17.8 Å². The molecule has 5 nitrogen and oxygen atoms in total. The molecule has 1 aliphatic heterocycles. The quantitative estimate of drug-likeness (QED) is 0.558. The van der Waals surface area contributed by atoms with Gasteiger partial charge in [0.2, 0.25) is 0 Å². The van der Waals surface area contributed by atoms with Gasteiger partial charge >= 0.3 is 0 Å². The average molecular weight is 434 g/mol. The van der Waals surface area contributed by atoms with Crippen molar-refractivity contribution in [3.05, 3.63) is 77.4 Å². The third-order valence-electron chi connectivity index (χ3n) is 6.08. The number of aromatic nitrogens is 2. The molecule has 3 heterocycles. The number of thiocarbonyl (C=S) groups is 1. The van der Waals surface area contributed by atoms with Crippen LogP contribution in [0, 0.1) is 13.8 Å². The van der Waals surface area contributed by atoms with Crippen LogP contribution in [0.3, 0.4) is 0 Å². The molecule has 1 aromatic carbocycles. The summed E-state index contributed by atoms with van der Waals surface area (Å²) in [5, 5.41) is 4.36. The Morgan fingerprint density at radius 3 is 2.45 bits per heavy atom. The highest BCUT2D eigenvalue weighted by molar-refractivity contribution is 7.80. The molecule has 6 heteroatoms. The lowest BCUT2D eigenvalue weighted by Crippen LogP contribution is -2.30. The number of rotatable bonds is 6. The molecule has 4 rings (SSSR count). The van der Waals surface area contributed by atoms with E-state index in [0.29, 0.717) is 0 Å². The SMILES string of the molecule is CCCN1C(=S)N[C@@H](c2ccccn2)[C@H]1c1cc(C)n(-c2ccc(N(C)C)cc2)c1C. The van der Waals surface area contributed by atoms with Crippen molar-refractivity contribution in [2.75, 3.05) is 25.5 Å². The van der Waals surface area contributed by atoms with Crippen LogP contribution >= 0.6 is 12.2 Å². The fraction of sp³-hybridized carbons (Fsp3) is 0.360. The molecule has 0 bridgehead atoms. The van der Waals surface area contributed by atoms with E-state index in [0.717, 1.165) is 23.8 Å². The van der Waals surface area contributed by atoms with Crippen LogP contribution in [0.1, 0.15) is 48.1 Å². The van der Waals surface area contributed by atoms with Crippen molar-refractivity contribution in [1.82, 2.24) is 19.8 Å². The Morgan fingerprint density at radius 1 is 1.10 bits per heavy atom. The minimum absolute atomic E-state index is 0.0327. The van der Waals surface area contributed by atoms with E-state index in [-0.39, 0.29) is 12.1 Å². The molecule has 1 fully saturated rings. The van der Waals surface area contributed by atoms with E-state index in [2.05, 4.69) is 95.9 Å². The first-order chi connectivity index (χ1) is 14.9. The predicted octanol–water partition coefficient (Wildman–Crippen LogP) is 4.94. The molecule has 0 aliphatic carbocycles. The average Bonchev–Trinajstić information content (AvgIpc) is 3.24. The maximum Gasteiger partial charge on any atom is 0.170 e. The lowest BCUT2D eigenvalue weighted by Gasteiger charge is -2.27. The Balaban J connectivity index is 1.79. The molecule has 31 heavy (non-hydrogen) atoms. The van der Waals surface area contributed by atoms with Gasteiger partial charge in [0.15, 0.2) is 5.11 Å². The Kier molecular flexibility index (Phi) is 6.01. The van der Waals surface area contributed by atoms with Gasteiger partial charge in [-0.25, -0.2) is 0 Å². The first-order valence-corrected chi connectivity index (χ1v) is 11.3. The van der Waals surface area contributed by atoms with E-state index in [1.54, 1.807) is 0 Å².